The Hall–Kier alpha value is -0.230. The monoisotopic (exact) mass is 332 g/mol. The Morgan fingerprint density at radius 1 is 1.39 bits per heavy atom. The van der Waals surface area contributed by atoms with Gasteiger partial charge in [-0.25, -0.2) is 0 Å². The van der Waals surface area contributed by atoms with Gasteiger partial charge in [-0.05, 0) is 67.5 Å². The first-order valence-electron chi connectivity index (χ1n) is 6.17. The van der Waals surface area contributed by atoms with E-state index in [1.165, 1.54) is 11.3 Å². The van der Waals surface area contributed by atoms with Crippen molar-refractivity contribution < 1.29 is 4.79 Å². The van der Waals surface area contributed by atoms with Crippen LogP contribution in [0, 0.1) is 0 Å². The van der Waals surface area contributed by atoms with E-state index in [9.17, 15) is 4.79 Å². The van der Waals surface area contributed by atoms with Crippen LogP contribution >= 0.6 is 27.3 Å². The van der Waals surface area contributed by atoms with Gasteiger partial charge in [-0.2, -0.15) is 0 Å². The minimum Gasteiger partial charge on any atom is -0.309 e. The molecule has 0 unspecified atom stereocenters. The molecule has 102 valence electrons. The lowest BCUT2D eigenvalue weighted by atomic mass is 10.2. The number of hydrogen-bond donors (Lipinski definition) is 0. The van der Waals surface area contributed by atoms with Crippen molar-refractivity contribution in [1.82, 2.24) is 9.80 Å². The van der Waals surface area contributed by atoms with Crippen molar-refractivity contribution in [3.8, 4) is 0 Å². The van der Waals surface area contributed by atoms with Gasteiger partial charge in [0.2, 0.25) is 0 Å². The van der Waals surface area contributed by atoms with Crippen LogP contribution < -0.4 is 0 Å². The quantitative estimate of drug-likeness (QED) is 0.684. The Morgan fingerprint density at radius 3 is 2.61 bits per heavy atom. The minimum atomic E-state index is 0.212. The Kier molecular flexibility index (Phi) is 7.07. The third-order valence-corrected chi connectivity index (χ3v) is 4.64. The number of likely N-dealkylation sites (N-methyl/N-ethyl adjacent to an activating group) is 1. The molecule has 18 heavy (non-hydrogen) atoms. The molecule has 0 saturated carbocycles. The molecule has 0 N–H and O–H groups in total. The van der Waals surface area contributed by atoms with E-state index in [1.54, 1.807) is 0 Å². The predicted molar refractivity (Wildman–Crippen MR) is 81.6 cm³/mol. The van der Waals surface area contributed by atoms with Gasteiger partial charge in [0.25, 0.3) is 0 Å². The summed E-state index contributed by atoms with van der Waals surface area (Å²) in [5, 5.41) is 1.94. The number of hydrogen-bond acceptors (Lipinski definition) is 4. The fourth-order valence-electron chi connectivity index (χ4n) is 1.73. The molecule has 5 heteroatoms. The summed E-state index contributed by atoms with van der Waals surface area (Å²) < 4.78 is 0.918. The molecule has 0 aliphatic carbocycles. The van der Waals surface area contributed by atoms with E-state index < -0.39 is 0 Å². The molecule has 0 aliphatic rings. The van der Waals surface area contributed by atoms with Crippen LogP contribution in [0.1, 0.15) is 23.0 Å². The summed E-state index contributed by atoms with van der Waals surface area (Å²) in [5.74, 6) is 0.212. The molecule has 1 heterocycles. The highest BCUT2D eigenvalue weighted by molar-refractivity contribution is 9.10. The second-order valence-electron chi connectivity index (χ2n) is 4.55. The van der Waals surface area contributed by atoms with E-state index in [2.05, 4.69) is 46.7 Å². The Balaban J connectivity index is 2.43. The number of ketones is 1. The summed E-state index contributed by atoms with van der Waals surface area (Å²) in [6, 6.07) is 1.93. The summed E-state index contributed by atoms with van der Waals surface area (Å²) in [4.78, 5) is 17.3. The molecule has 0 atom stereocenters. The van der Waals surface area contributed by atoms with E-state index in [-0.39, 0.29) is 5.78 Å². The Labute approximate surface area is 122 Å². The highest BCUT2D eigenvalue weighted by Gasteiger charge is 2.14. The molecule has 0 aromatic carbocycles. The molecule has 0 spiro atoms. The van der Waals surface area contributed by atoms with Crippen molar-refractivity contribution in [2.24, 2.45) is 0 Å². The number of carbonyl (C=O) groups excluding carboxylic acids is 1. The second kappa shape index (κ2) is 8.04. The molecule has 0 amide bonds. The third-order valence-electron chi connectivity index (χ3n) is 2.76. The molecule has 0 aliphatic heterocycles. The smallest absolute Gasteiger partial charge is 0.187 e. The van der Waals surface area contributed by atoms with Crippen molar-refractivity contribution in [3.05, 3.63) is 20.8 Å². The SMILES string of the molecule is CCN(CCCN(C)C)CC(=O)c1sccc1Br. The lowest BCUT2D eigenvalue weighted by molar-refractivity contribution is 0.0935. The normalized spacial score (nSPS) is 11.4. The molecule has 1 rings (SSSR count). The number of halogens is 1. The number of carbonyl (C=O) groups is 1. The lowest BCUT2D eigenvalue weighted by Crippen LogP contribution is -2.32. The van der Waals surface area contributed by atoms with Gasteiger partial charge in [0, 0.05) is 4.47 Å². The van der Waals surface area contributed by atoms with Crippen molar-refractivity contribution in [3.63, 3.8) is 0 Å². The topological polar surface area (TPSA) is 23.6 Å². The average molecular weight is 333 g/mol. The van der Waals surface area contributed by atoms with E-state index in [4.69, 9.17) is 0 Å². The number of Topliss-reactive ketones (excluding diaryl/α,β-unsaturated/α-hetero) is 1. The second-order valence-corrected chi connectivity index (χ2v) is 6.32. The molecule has 3 nitrogen and oxygen atoms in total. The third kappa shape index (κ3) is 5.18. The fraction of sp³-hybridized carbons (Fsp3) is 0.615. The fourth-order valence-corrected chi connectivity index (χ4v) is 3.25. The van der Waals surface area contributed by atoms with Crippen molar-refractivity contribution in [2.45, 2.75) is 13.3 Å². The number of rotatable bonds is 8. The van der Waals surface area contributed by atoms with Crippen LogP contribution in [0.3, 0.4) is 0 Å². The van der Waals surface area contributed by atoms with Crippen LogP contribution in [-0.4, -0.2) is 55.9 Å². The van der Waals surface area contributed by atoms with Gasteiger partial charge in [0.05, 0.1) is 11.4 Å². The summed E-state index contributed by atoms with van der Waals surface area (Å²) in [5.41, 5.74) is 0. The maximum atomic E-state index is 12.1. The van der Waals surface area contributed by atoms with Crippen LogP contribution in [0.5, 0.6) is 0 Å². The summed E-state index contributed by atoms with van der Waals surface area (Å²) >= 11 is 4.92. The molecular weight excluding hydrogens is 312 g/mol. The first-order chi connectivity index (χ1) is 8.54. The zero-order valence-corrected chi connectivity index (χ0v) is 13.7. The molecular formula is C13H21BrN2OS. The number of nitrogens with zero attached hydrogens (tertiary/aromatic N) is 2. The molecule has 0 saturated heterocycles. The van der Waals surface area contributed by atoms with Crippen LogP contribution in [0.15, 0.2) is 15.9 Å². The van der Waals surface area contributed by atoms with Gasteiger partial charge in [0.15, 0.2) is 5.78 Å². The molecule has 0 bridgehead atoms. The van der Waals surface area contributed by atoms with Gasteiger partial charge in [0.1, 0.15) is 0 Å². The van der Waals surface area contributed by atoms with E-state index >= 15 is 0 Å². The van der Waals surface area contributed by atoms with Crippen LogP contribution in [0.2, 0.25) is 0 Å². The maximum Gasteiger partial charge on any atom is 0.187 e. The molecule has 0 radical (unpaired) electrons. The largest absolute Gasteiger partial charge is 0.309 e. The summed E-state index contributed by atoms with van der Waals surface area (Å²) in [6.07, 6.45) is 1.10. The first-order valence-corrected chi connectivity index (χ1v) is 7.85. The Bertz CT molecular complexity index is 379. The zero-order chi connectivity index (χ0) is 13.5. The molecule has 0 fully saturated rings. The van der Waals surface area contributed by atoms with Crippen LogP contribution in [0.25, 0.3) is 0 Å². The van der Waals surface area contributed by atoms with E-state index in [0.29, 0.717) is 6.54 Å². The molecule has 1 aromatic heterocycles. The molecule has 1 aromatic rings. The van der Waals surface area contributed by atoms with E-state index in [1.807, 2.05) is 11.4 Å². The van der Waals surface area contributed by atoms with Gasteiger partial charge in [-0.15, -0.1) is 11.3 Å². The summed E-state index contributed by atoms with van der Waals surface area (Å²) in [7, 11) is 4.15. The van der Waals surface area contributed by atoms with Crippen LogP contribution in [-0.2, 0) is 0 Å². The summed E-state index contributed by atoms with van der Waals surface area (Å²) in [6.45, 7) is 5.58. The van der Waals surface area contributed by atoms with Gasteiger partial charge >= 0.3 is 0 Å². The highest BCUT2D eigenvalue weighted by Crippen LogP contribution is 2.23. The zero-order valence-electron chi connectivity index (χ0n) is 11.3. The predicted octanol–water partition coefficient (Wildman–Crippen LogP) is 2.97. The minimum absolute atomic E-state index is 0.212. The van der Waals surface area contributed by atoms with Crippen LogP contribution in [0.4, 0.5) is 0 Å². The Morgan fingerprint density at radius 2 is 2.11 bits per heavy atom. The lowest BCUT2D eigenvalue weighted by Gasteiger charge is -2.20. The van der Waals surface area contributed by atoms with Gasteiger partial charge in [-0.1, -0.05) is 6.92 Å². The average Bonchev–Trinajstić information content (AvgIpc) is 2.73. The highest BCUT2D eigenvalue weighted by atomic mass is 79.9. The van der Waals surface area contributed by atoms with Crippen molar-refractivity contribution in [2.75, 3.05) is 40.3 Å². The first kappa shape index (κ1) is 15.8. The van der Waals surface area contributed by atoms with Gasteiger partial charge in [-0.3, -0.25) is 9.69 Å². The number of thiophene rings is 1. The maximum absolute atomic E-state index is 12.1. The van der Waals surface area contributed by atoms with Gasteiger partial charge < -0.3 is 4.90 Å². The van der Waals surface area contributed by atoms with Crippen molar-refractivity contribution in [1.29, 1.82) is 0 Å². The standard InChI is InChI=1S/C13H21BrN2OS/c1-4-16(8-5-7-15(2)3)10-12(17)13-11(14)6-9-18-13/h6,9H,4-5,7-8,10H2,1-3H3. The van der Waals surface area contributed by atoms with Crippen molar-refractivity contribution >= 4 is 33.0 Å². The van der Waals surface area contributed by atoms with E-state index in [0.717, 1.165) is 35.4 Å².